The molecule has 0 saturated carbocycles. The van der Waals surface area contributed by atoms with Crippen molar-refractivity contribution in [2.24, 2.45) is 0 Å². The van der Waals surface area contributed by atoms with E-state index in [9.17, 15) is 8.78 Å². The summed E-state index contributed by atoms with van der Waals surface area (Å²) in [4.78, 5) is 0. The second kappa shape index (κ2) is 12.5. The number of benzene rings is 6. The predicted octanol–water partition coefficient (Wildman–Crippen LogP) is 11.9. The third-order valence-electron chi connectivity index (χ3n) is 8.69. The molecule has 2 aromatic heterocycles. The van der Waals surface area contributed by atoms with Gasteiger partial charge < -0.3 is 9.13 Å². The molecule has 0 bridgehead atoms. The molecular weight excluding hydrogens is 594 g/mol. The lowest BCUT2D eigenvalue weighted by atomic mass is 9.97. The van der Waals surface area contributed by atoms with Gasteiger partial charge in [-0.05, 0) is 82.9 Å². The third kappa shape index (κ3) is 5.33. The molecular formula is C44H30F2N2. The fraction of sp³-hybridized carbons (Fsp3) is 0. The summed E-state index contributed by atoms with van der Waals surface area (Å²) in [5.41, 5.74) is 11.8. The minimum Gasteiger partial charge on any atom is -0.309 e. The highest BCUT2D eigenvalue weighted by Gasteiger charge is 2.27. The Balaban J connectivity index is 1.54. The molecule has 230 valence electrons. The van der Waals surface area contributed by atoms with Crippen LogP contribution in [0.15, 0.2) is 182 Å². The zero-order valence-electron chi connectivity index (χ0n) is 26.0. The fourth-order valence-electron chi connectivity index (χ4n) is 6.55. The van der Waals surface area contributed by atoms with E-state index in [1.54, 1.807) is 0 Å². The number of rotatable bonds is 7. The Labute approximate surface area is 278 Å². The lowest BCUT2D eigenvalue weighted by Crippen LogP contribution is -2.01. The second-order valence-corrected chi connectivity index (χ2v) is 11.7. The van der Waals surface area contributed by atoms with Gasteiger partial charge in [-0.3, -0.25) is 0 Å². The smallest absolute Gasteiger partial charge is 0.123 e. The van der Waals surface area contributed by atoms with Gasteiger partial charge in [0.25, 0.3) is 0 Å². The van der Waals surface area contributed by atoms with Gasteiger partial charge in [-0.15, -0.1) is 0 Å². The van der Waals surface area contributed by atoms with Gasteiger partial charge in [0.1, 0.15) is 11.6 Å². The molecule has 0 aliphatic rings. The molecule has 4 heteroatoms. The van der Waals surface area contributed by atoms with Gasteiger partial charge in [0, 0.05) is 22.5 Å². The van der Waals surface area contributed by atoms with Crippen molar-refractivity contribution >= 4 is 0 Å². The highest BCUT2D eigenvalue weighted by molar-refractivity contribution is 5.97. The van der Waals surface area contributed by atoms with Gasteiger partial charge in [-0.25, -0.2) is 8.78 Å². The molecule has 0 spiro atoms. The van der Waals surface area contributed by atoms with Crippen molar-refractivity contribution in [1.82, 2.24) is 9.13 Å². The summed E-state index contributed by atoms with van der Waals surface area (Å²) in [5.74, 6) is -0.576. The lowest BCUT2D eigenvalue weighted by Gasteiger charge is -2.17. The summed E-state index contributed by atoms with van der Waals surface area (Å²) in [6.45, 7) is 0. The second-order valence-electron chi connectivity index (χ2n) is 11.7. The topological polar surface area (TPSA) is 9.86 Å². The van der Waals surface area contributed by atoms with E-state index in [1.807, 2.05) is 97.1 Å². The predicted molar refractivity (Wildman–Crippen MR) is 192 cm³/mol. The van der Waals surface area contributed by atoms with Gasteiger partial charge in [-0.1, -0.05) is 121 Å². The van der Waals surface area contributed by atoms with Crippen molar-refractivity contribution in [1.29, 1.82) is 0 Å². The molecule has 0 aliphatic heterocycles. The molecule has 8 rings (SSSR count). The van der Waals surface area contributed by atoms with Crippen LogP contribution in [0.3, 0.4) is 0 Å². The van der Waals surface area contributed by atoms with E-state index in [0.717, 1.165) is 67.5 Å². The monoisotopic (exact) mass is 624 g/mol. The van der Waals surface area contributed by atoms with E-state index < -0.39 is 0 Å². The zero-order chi connectivity index (χ0) is 32.5. The molecule has 2 nitrogen and oxygen atoms in total. The number of aromatic nitrogens is 2. The Morgan fingerprint density at radius 2 is 0.604 bits per heavy atom. The Morgan fingerprint density at radius 3 is 0.917 bits per heavy atom. The van der Waals surface area contributed by atoms with E-state index in [2.05, 4.69) is 69.8 Å². The van der Waals surface area contributed by atoms with E-state index in [4.69, 9.17) is 0 Å². The van der Waals surface area contributed by atoms with E-state index in [1.165, 1.54) is 24.3 Å². The first kappa shape index (κ1) is 29.2. The van der Waals surface area contributed by atoms with Gasteiger partial charge in [0.2, 0.25) is 0 Å². The molecule has 8 aromatic rings. The number of hydrogen-bond acceptors (Lipinski definition) is 0. The summed E-state index contributed by atoms with van der Waals surface area (Å²) in [7, 11) is 0. The highest BCUT2D eigenvalue weighted by Crippen LogP contribution is 2.47. The molecule has 0 saturated heterocycles. The number of nitrogens with zero attached hydrogens (tertiary/aromatic N) is 2. The van der Waals surface area contributed by atoms with Crippen LogP contribution in [0.4, 0.5) is 8.78 Å². The molecule has 48 heavy (non-hydrogen) atoms. The molecule has 0 unspecified atom stereocenters. The summed E-state index contributed by atoms with van der Waals surface area (Å²) in [6, 6.07) is 59.1. The Morgan fingerprint density at radius 1 is 0.312 bits per heavy atom. The fourth-order valence-corrected chi connectivity index (χ4v) is 6.55. The molecule has 0 fully saturated rings. The van der Waals surface area contributed by atoms with Crippen LogP contribution < -0.4 is 0 Å². The summed E-state index contributed by atoms with van der Waals surface area (Å²) < 4.78 is 33.1. The Bertz CT molecular complexity index is 2140. The van der Waals surface area contributed by atoms with Crippen molar-refractivity contribution in [2.45, 2.75) is 0 Å². The Kier molecular flexibility index (Phi) is 7.60. The minimum absolute atomic E-state index is 0.288. The maximum atomic E-state index is 14.3. The summed E-state index contributed by atoms with van der Waals surface area (Å²) in [5, 5.41) is 0. The van der Waals surface area contributed by atoms with Gasteiger partial charge >= 0.3 is 0 Å². The largest absolute Gasteiger partial charge is 0.309 e. The zero-order valence-corrected chi connectivity index (χ0v) is 26.0. The maximum absolute atomic E-state index is 14.3. The van der Waals surface area contributed by atoms with Crippen molar-refractivity contribution < 1.29 is 8.78 Å². The SMILES string of the molecule is Fc1ccc(-n2c(-c3ccccc3)cc(-c3cc(-c4ccccc4)n(-c4ccc(F)cc4)c3-c3ccccc3)c2-c2ccccc2)cc1. The molecule has 0 amide bonds. The van der Waals surface area contributed by atoms with Crippen LogP contribution in [-0.2, 0) is 0 Å². The molecule has 0 atom stereocenters. The van der Waals surface area contributed by atoms with Crippen LogP contribution in [0.25, 0.3) is 67.5 Å². The van der Waals surface area contributed by atoms with Crippen LogP contribution in [0.2, 0.25) is 0 Å². The molecule has 2 heterocycles. The normalized spacial score (nSPS) is 11.1. The van der Waals surface area contributed by atoms with Crippen LogP contribution in [0, 0.1) is 11.6 Å². The molecule has 0 radical (unpaired) electrons. The summed E-state index contributed by atoms with van der Waals surface area (Å²) >= 11 is 0. The van der Waals surface area contributed by atoms with Crippen molar-refractivity contribution in [3.05, 3.63) is 194 Å². The first-order chi connectivity index (χ1) is 23.7. The van der Waals surface area contributed by atoms with E-state index in [0.29, 0.717) is 0 Å². The first-order valence-corrected chi connectivity index (χ1v) is 15.9. The minimum atomic E-state index is -0.288. The van der Waals surface area contributed by atoms with Crippen molar-refractivity contribution in [2.75, 3.05) is 0 Å². The van der Waals surface area contributed by atoms with Gasteiger partial charge in [-0.2, -0.15) is 0 Å². The summed E-state index contributed by atoms with van der Waals surface area (Å²) in [6.07, 6.45) is 0. The maximum Gasteiger partial charge on any atom is 0.123 e. The van der Waals surface area contributed by atoms with Crippen molar-refractivity contribution in [3.8, 4) is 67.5 Å². The van der Waals surface area contributed by atoms with Crippen LogP contribution >= 0.6 is 0 Å². The molecule has 0 N–H and O–H groups in total. The quantitative estimate of drug-likeness (QED) is 0.167. The standard InChI is InChI=1S/C44H30F2N2/c45-35-21-25-37(26-22-35)47-41(31-13-5-1-6-14-31)29-39(43(47)33-17-9-3-10-18-33)40-30-42(32-15-7-2-8-16-32)48(38-27-23-36(46)24-28-38)44(40)34-19-11-4-12-20-34/h1-30H. The molecule has 6 aromatic carbocycles. The van der Waals surface area contributed by atoms with Gasteiger partial charge in [0.05, 0.1) is 22.8 Å². The highest BCUT2D eigenvalue weighted by atomic mass is 19.1. The van der Waals surface area contributed by atoms with Gasteiger partial charge in [0.15, 0.2) is 0 Å². The van der Waals surface area contributed by atoms with Crippen molar-refractivity contribution in [3.63, 3.8) is 0 Å². The van der Waals surface area contributed by atoms with Crippen LogP contribution in [0.5, 0.6) is 0 Å². The molecule has 0 aliphatic carbocycles. The number of halogens is 2. The third-order valence-corrected chi connectivity index (χ3v) is 8.69. The average Bonchev–Trinajstić information content (AvgIpc) is 3.74. The first-order valence-electron chi connectivity index (χ1n) is 15.9. The number of hydrogen-bond donors (Lipinski definition) is 0. The van der Waals surface area contributed by atoms with Crippen LogP contribution in [0.1, 0.15) is 0 Å². The van der Waals surface area contributed by atoms with Crippen LogP contribution in [-0.4, -0.2) is 9.13 Å². The van der Waals surface area contributed by atoms with E-state index >= 15 is 0 Å². The lowest BCUT2D eigenvalue weighted by molar-refractivity contribution is 0.627. The average molecular weight is 625 g/mol. The van der Waals surface area contributed by atoms with E-state index in [-0.39, 0.29) is 11.6 Å². The Hall–Kier alpha value is -6.26.